The molecule has 6 nitrogen and oxygen atoms in total. The second kappa shape index (κ2) is 8.41. The first-order valence-corrected chi connectivity index (χ1v) is 10.2. The van der Waals surface area contributed by atoms with Crippen LogP contribution in [0.4, 0.5) is 5.13 Å². The van der Waals surface area contributed by atoms with E-state index in [1.54, 1.807) is 0 Å². The SMILES string of the molecule is CCOc1ccc(-c2csc(NC(=O)CSc3nnc(C)s3)n2)cc1. The van der Waals surface area contributed by atoms with Crippen LogP contribution in [0.5, 0.6) is 5.75 Å². The molecule has 25 heavy (non-hydrogen) atoms. The number of carbonyl (C=O) groups is 1. The van der Waals surface area contributed by atoms with Crippen LogP contribution >= 0.6 is 34.4 Å². The maximum atomic E-state index is 12.0. The maximum Gasteiger partial charge on any atom is 0.236 e. The van der Waals surface area contributed by atoms with Gasteiger partial charge < -0.3 is 10.1 Å². The fraction of sp³-hybridized carbons (Fsp3) is 0.250. The quantitative estimate of drug-likeness (QED) is 0.610. The number of hydrogen-bond donors (Lipinski definition) is 1. The van der Waals surface area contributed by atoms with E-state index in [0.29, 0.717) is 11.7 Å². The molecule has 2 heterocycles. The molecule has 0 aliphatic rings. The summed E-state index contributed by atoms with van der Waals surface area (Å²) in [5, 5.41) is 14.1. The van der Waals surface area contributed by atoms with Crippen LogP contribution < -0.4 is 10.1 Å². The lowest BCUT2D eigenvalue weighted by Crippen LogP contribution is -2.13. The van der Waals surface area contributed by atoms with Crippen molar-refractivity contribution in [2.24, 2.45) is 0 Å². The number of aryl methyl sites for hydroxylation is 1. The number of hydrogen-bond acceptors (Lipinski definition) is 8. The smallest absolute Gasteiger partial charge is 0.236 e. The molecule has 0 saturated carbocycles. The van der Waals surface area contributed by atoms with Gasteiger partial charge in [0.2, 0.25) is 5.91 Å². The van der Waals surface area contributed by atoms with Gasteiger partial charge in [-0.15, -0.1) is 21.5 Å². The van der Waals surface area contributed by atoms with Crippen LogP contribution in [0.3, 0.4) is 0 Å². The Balaban J connectivity index is 1.56. The molecule has 0 atom stereocenters. The Bertz CT molecular complexity index is 845. The van der Waals surface area contributed by atoms with Gasteiger partial charge in [-0.1, -0.05) is 23.1 Å². The Morgan fingerprint density at radius 2 is 2.08 bits per heavy atom. The number of benzene rings is 1. The predicted octanol–water partition coefficient (Wildman–Crippen LogP) is 4.10. The Hall–Kier alpha value is -1.97. The first-order valence-electron chi connectivity index (χ1n) is 7.55. The highest BCUT2D eigenvalue weighted by molar-refractivity contribution is 8.01. The number of carbonyl (C=O) groups excluding carboxylic acids is 1. The molecule has 0 fully saturated rings. The van der Waals surface area contributed by atoms with Crippen LogP contribution in [0, 0.1) is 6.92 Å². The van der Waals surface area contributed by atoms with Gasteiger partial charge in [0.15, 0.2) is 9.47 Å². The van der Waals surface area contributed by atoms with E-state index < -0.39 is 0 Å². The van der Waals surface area contributed by atoms with E-state index in [4.69, 9.17) is 4.74 Å². The molecule has 1 N–H and O–H groups in total. The van der Waals surface area contributed by atoms with Gasteiger partial charge in [0, 0.05) is 10.9 Å². The number of nitrogens with one attached hydrogen (secondary N) is 1. The van der Waals surface area contributed by atoms with Crippen molar-refractivity contribution in [3.8, 4) is 17.0 Å². The molecular formula is C16H16N4O2S3. The van der Waals surface area contributed by atoms with Crippen molar-refractivity contribution in [2.45, 2.75) is 18.2 Å². The minimum absolute atomic E-state index is 0.106. The largest absolute Gasteiger partial charge is 0.494 e. The van der Waals surface area contributed by atoms with Crippen LogP contribution in [0.1, 0.15) is 11.9 Å². The molecular weight excluding hydrogens is 376 g/mol. The monoisotopic (exact) mass is 392 g/mol. The van der Waals surface area contributed by atoms with Gasteiger partial charge in [0.25, 0.3) is 0 Å². The molecule has 0 radical (unpaired) electrons. The average Bonchev–Trinajstić information content (AvgIpc) is 3.23. The van der Waals surface area contributed by atoms with Crippen LogP contribution in [0.25, 0.3) is 11.3 Å². The van der Waals surface area contributed by atoms with Crippen molar-refractivity contribution in [2.75, 3.05) is 17.7 Å². The molecule has 0 saturated heterocycles. The minimum atomic E-state index is -0.106. The van der Waals surface area contributed by atoms with Gasteiger partial charge in [0.1, 0.15) is 10.8 Å². The standard InChI is InChI=1S/C16H16N4O2S3/c1-3-22-12-6-4-11(5-7-12)13-8-23-15(17-13)18-14(21)9-24-16-20-19-10(2)25-16/h4-8H,3,9H2,1-2H3,(H,17,18,21). The normalized spacial score (nSPS) is 10.6. The van der Waals surface area contributed by atoms with Crippen LogP contribution in [-0.4, -0.2) is 33.4 Å². The number of anilines is 1. The lowest BCUT2D eigenvalue weighted by atomic mass is 10.2. The number of thiazole rings is 1. The van der Waals surface area contributed by atoms with Crippen LogP contribution in [0.2, 0.25) is 0 Å². The van der Waals surface area contributed by atoms with Gasteiger partial charge in [-0.3, -0.25) is 4.79 Å². The summed E-state index contributed by atoms with van der Waals surface area (Å²) in [5.74, 6) is 1.01. The van der Waals surface area contributed by atoms with E-state index in [1.165, 1.54) is 34.4 Å². The van der Waals surface area contributed by atoms with E-state index in [9.17, 15) is 4.79 Å². The number of ether oxygens (including phenoxy) is 1. The first kappa shape index (κ1) is 17.8. The van der Waals surface area contributed by atoms with Gasteiger partial charge >= 0.3 is 0 Å². The summed E-state index contributed by atoms with van der Waals surface area (Å²) in [6.07, 6.45) is 0. The van der Waals surface area contributed by atoms with Crippen molar-refractivity contribution in [1.29, 1.82) is 0 Å². The molecule has 3 aromatic rings. The Labute approximate surface area is 157 Å². The number of nitrogens with zero attached hydrogens (tertiary/aromatic N) is 3. The summed E-state index contributed by atoms with van der Waals surface area (Å²) in [4.78, 5) is 16.5. The highest BCUT2D eigenvalue weighted by Crippen LogP contribution is 2.27. The topological polar surface area (TPSA) is 77.0 Å². The van der Waals surface area contributed by atoms with Crippen molar-refractivity contribution >= 4 is 45.5 Å². The third-order valence-electron chi connectivity index (χ3n) is 3.05. The molecule has 1 aromatic carbocycles. The average molecular weight is 393 g/mol. The minimum Gasteiger partial charge on any atom is -0.494 e. The Morgan fingerprint density at radius 3 is 2.76 bits per heavy atom. The van der Waals surface area contributed by atoms with Crippen molar-refractivity contribution in [3.63, 3.8) is 0 Å². The van der Waals surface area contributed by atoms with E-state index >= 15 is 0 Å². The Morgan fingerprint density at radius 1 is 1.28 bits per heavy atom. The van der Waals surface area contributed by atoms with Crippen molar-refractivity contribution in [3.05, 3.63) is 34.7 Å². The van der Waals surface area contributed by atoms with Crippen molar-refractivity contribution in [1.82, 2.24) is 15.2 Å². The molecule has 1 amide bonds. The van der Waals surface area contributed by atoms with Gasteiger partial charge in [-0.05, 0) is 38.1 Å². The lowest BCUT2D eigenvalue weighted by Gasteiger charge is -2.03. The lowest BCUT2D eigenvalue weighted by molar-refractivity contribution is -0.113. The van der Waals surface area contributed by atoms with E-state index in [-0.39, 0.29) is 11.7 Å². The fourth-order valence-corrected chi connectivity index (χ4v) is 4.32. The predicted molar refractivity (Wildman–Crippen MR) is 103 cm³/mol. The second-order valence-corrected chi connectivity index (χ2v) is 8.18. The zero-order valence-electron chi connectivity index (χ0n) is 13.7. The number of amides is 1. The molecule has 0 unspecified atom stereocenters. The molecule has 2 aromatic heterocycles. The van der Waals surface area contributed by atoms with E-state index in [0.717, 1.165) is 26.4 Å². The third kappa shape index (κ3) is 5.00. The summed E-state index contributed by atoms with van der Waals surface area (Å²) in [6, 6.07) is 7.74. The fourth-order valence-electron chi connectivity index (χ4n) is 1.97. The highest BCUT2D eigenvalue weighted by atomic mass is 32.2. The second-order valence-electron chi connectivity index (χ2n) is 4.92. The maximum absolute atomic E-state index is 12.0. The summed E-state index contributed by atoms with van der Waals surface area (Å²) in [7, 11) is 0. The van der Waals surface area contributed by atoms with Gasteiger partial charge in [-0.25, -0.2) is 4.98 Å². The molecule has 0 aliphatic carbocycles. The van der Waals surface area contributed by atoms with Crippen molar-refractivity contribution < 1.29 is 9.53 Å². The molecule has 130 valence electrons. The molecule has 0 spiro atoms. The summed E-state index contributed by atoms with van der Waals surface area (Å²) in [6.45, 7) is 4.48. The molecule has 0 aliphatic heterocycles. The summed E-state index contributed by atoms with van der Waals surface area (Å²) < 4.78 is 6.23. The van der Waals surface area contributed by atoms with Gasteiger partial charge in [-0.2, -0.15) is 0 Å². The van der Waals surface area contributed by atoms with Crippen LogP contribution in [0.15, 0.2) is 34.0 Å². The van der Waals surface area contributed by atoms with Gasteiger partial charge in [0.05, 0.1) is 18.1 Å². The number of thioether (sulfide) groups is 1. The van der Waals surface area contributed by atoms with Crippen LogP contribution in [-0.2, 0) is 4.79 Å². The zero-order valence-corrected chi connectivity index (χ0v) is 16.1. The highest BCUT2D eigenvalue weighted by Gasteiger charge is 2.10. The molecule has 0 bridgehead atoms. The summed E-state index contributed by atoms with van der Waals surface area (Å²) >= 11 is 4.26. The van der Waals surface area contributed by atoms with E-state index in [2.05, 4.69) is 20.5 Å². The molecule has 9 heteroatoms. The van der Waals surface area contributed by atoms with E-state index in [1.807, 2.05) is 43.5 Å². The third-order valence-corrected chi connectivity index (χ3v) is 5.78. The number of aromatic nitrogens is 3. The zero-order chi connectivity index (χ0) is 17.6. The first-order chi connectivity index (χ1) is 12.1. The Kier molecular flexibility index (Phi) is 6.00. The molecule has 3 rings (SSSR count). The number of rotatable bonds is 7. The summed E-state index contributed by atoms with van der Waals surface area (Å²) in [5.41, 5.74) is 1.81.